The molecule has 0 aromatic rings. The molecule has 4 nitrogen and oxygen atoms in total. The third kappa shape index (κ3) is 3.65. The number of rotatable bonds is 3. The van der Waals surface area contributed by atoms with Gasteiger partial charge in [0.25, 0.3) is 0 Å². The number of nitrogens with one attached hydrogen (secondary N) is 2. The minimum atomic E-state index is -0.344. The van der Waals surface area contributed by atoms with Crippen molar-refractivity contribution in [1.82, 2.24) is 10.6 Å². The van der Waals surface area contributed by atoms with Gasteiger partial charge in [-0.15, -0.1) is 0 Å². The lowest BCUT2D eigenvalue weighted by molar-refractivity contribution is -0.123. The summed E-state index contributed by atoms with van der Waals surface area (Å²) in [6.07, 6.45) is 1.11. The first-order valence-corrected chi connectivity index (χ1v) is 2.81. The highest BCUT2D eigenvalue weighted by molar-refractivity contribution is 5.90. The van der Waals surface area contributed by atoms with E-state index in [1.54, 1.807) is 0 Å². The Morgan fingerprint density at radius 1 is 1.60 bits per heavy atom. The summed E-state index contributed by atoms with van der Waals surface area (Å²) < 4.78 is 0. The zero-order valence-electron chi connectivity index (χ0n) is 5.81. The molecule has 4 heteroatoms. The molecule has 0 aliphatic carbocycles. The monoisotopic (exact) mass is 142 g/mol. The number of carbonyl (C=O) groups excluding carboxylic acids is 2. The van der Waals surface area contributed by atoms with Crippen molar-refractivity contribution >= 4 is 11.8 Å². The predicted octanol–water partition coefficient (Wildman–Crippen LogP) is -0.965. The van der Waals surface area contributed by atoms with E-state index in [9.17, 15) is 9.59 Å². The van der Waals surface area contributed by atoms with E-state index in [1.807, 2.05) is 0 Å². The average Bonchev–Trinajstić information content (AvgIpc) is 1.99. The van der Waals surface area contributed by atoms with Crippen LogP contribution >= 0.6 is 0 Å². The first-order chi connectivity index (χ1) is 4.70. The molecule has 0 spiro atoms. The van der Waals surface area contributed by atoms with Crippen LogP contribution in [-0.4, -0.2) is 25.4 Å². The van der Waals surface area contributed by atoms with E-state index in [2.05, 4.69) is 17.2 Å². The minimum Gasteiger partial charge on any atom is -0.358 e. The van der Waals surface area contributed by atoms with Crippen molar-refractivity contribution in [3.8, 4) is 0 Å². The number of amides is 2. The Hall–Kier alpha value is -1.32. The molecule has 0 rings (SSSR count). The molecule has 0 aliphatic heterocycles. The molecule has 0 bridgehead atoms. The van der Waals surface area contributed by atoms with Crippen molar-refractivity contribution in [2.75, 3.05) is 13.6 Å². The first-order valence-electron chi connectivity index (χ1n) is 2.81. The number of hydrogen-bond acceptors (Lipinski definition) is 2. The Morgan fingerprint density at radius 3 is 2.60 bits per heavy atom. The summed E-state index contributed by atoms with van der Waals surface area (Å²) in [6, 6.07) is 0. The molecule has 0 aromatic carbocycles. The fourth-order valence-electron chi connectivity index (χ4n) is 0.328. The topological polar surface area (TPSA) is 58.2 Å². The molecule has 0 saturated carbocycles. The van der Waals surface area contributed by atoms with Crippen LogP contribution in [0, 0.1) is 0 Å². The summed E-state index contributed by atoms with van der Waals surface area (Å²) in [4.78, 5) is 20.9. The molecular formula is C6H10N2O2. The van der Waals surface area contributed by atoms with Crippen LogP contribution in [0.4, 0.5) is 0 Å². The van der Waals surface area contributed by atoms with E-state index >= 15 is 0 Å². The summed E-state index contributed by atoms with van der Waals surface area (Å²) in [5.74, 6) is -0.571. The lowest BCUT2D eigenvalue weighted by Crippen LogP contribution is -2.34. The van der Waals surface area contributed by atoms with Crippen LogP contribution in [0.25, 0.3) is 0 Å². The Labute approximate surface area is 59.3 Å². The number of likely N-dealkylation sites (N-methyl/N-ethyl adjacent to an activating group) is 1. The maximum absolute atomic E-state index is 10.5. The van der Waals surface area contributed by atoms with Crippen molar-refractivity contribution in [3.05, 3.63) is 12.7 Å². The van der Waals surface area contributed by atoms with Crippen LogP contribution in [-0.2, 0) is 9.59 Å². The van der Waals surface area contributed by atoms with Crippen molar-refractivity contribution < 1.29 is 9.59 Å². The van der Waals surface area contributed by atoms with Gasteiger partial charge in [0.15, 0.2) is 0 Å². The Bertz CT molecular complexity index is 154. The van der Waals surface area contributed by atoms with Gasteiger partial charge in [-0.2, -0.15) is 0 Å². The van der Waals surface area contributed by atoms with Gasteiger partial charge in [-0.25, -0.2) is 0 Å². The highest BCUT2D eigenvalue weighted by Gasteiger charge is 1.97. The van der Waals surface area contributed by atoms with Crippen LogP contribution in [0.5, 0.6) is 0 Å². The molecule has 0 unspecified atom stereocenters. The van der Waals surface area contributed by atoms with Crippen LogP contribution in [0.2, 0.25) is 0 Å². The zero-order chi connectivity index (χ0) is 7.98. The third-order valence-electron chi connectivity index (χ3n) is 0.887. The first kappa shape index (κ1) is 8.68. The number of carbonyl (C=O) groups is 2. The normalized spacial score (nSPS) is 8.10. The highest BCUT2D eigenvalue weighted by atomic mass is 16.2. The van der Waals surface area contributed by atoms with Crippen molar-refractivity contribution in [1.29, 1.82) is 0 Å². The molecule has 0 saturated heterocycles. The lowest BCUT2D eigenvalue weighted by atomic mass is 10.5. The van der Waals surface area contributed by atoms with Gasteiger partial charge in [-0.1, -0.05) is 6.58 Å². The summed E-state index contributed by atoms with van der Waals surface area (Å²) in [7, 11) is 1.50. The molecule has 10 heavy (non-hydrogen) atoms. The standard InChI is InChI=1S/C6H10N2O2/c1-3-5(9)8-4-6(10)7-2/h3H,1,4H2,2H3,(H,7,10)(H,8,9). The SMILES string of the molecule is C=CC(=O)NCC(=O)NC. The molecule has 2 amide bonds. The van der Waals surface area contributed by atoms with Gasteiger partial charge in [0.05, 0.1) is 6.54 Å². The summed E-state index contributed by atoms with van der Waals surface area (Å²) in [6.45, 7) is 3.22. The second-order valence-corrected chi connectivity index (χ2v) is 1.60. The Morgan fingerprint density at radius 2 is 2.20 bits per heavy atom. The molecule has 0 aliphatic rings. The predicted molar refractivity (Wildman–Crippen MR) is 37.3 cm³/mol. The van der Waals surface area contributed by atoms with Crippen molar-refractivity contribution in [3.63, 3.8) is 0 Å². The van der Waals surface area contributed by atoms with Crippen LogP contribution in [0.1, 0.15) is 0 Å². The van der Waals surface area contributed by atoms with Crippen LogP contribution < -0.4 is 10.6 Å². The van der Waals surface area contributed by atoms with E-state index in [0.717, 1.165) is 6.08 Å². The van der Waals surface area contributed by atoms with Gasteiger partial charge in [0.2, 0.25) is 11.8 Å². The summed E-state index contributed by atoms with van der Waals surface area (Å²) in [5.41, 5.74) is 0. The molecule has 0 fully saturated rings. The largest absolute Gasteiger partial charge is 0.358 e. The summed E-state index contributed by atoms with van der Waals surface area (Å²) >= 11 is 0. The maximum Gasteiger partial charge on any atom is 0.243 e. The minimum absolute atomic E-state index is 0.00134. The van der Waals surface area contributed by atoms with E-state index in [0.29, 0.717) is 0 Å². The van der Waals surface area contributed by atoms with Gasteiger partial charge in [0, 0.05) is 7.05 Å². The zero-order valence-corrected chi connectivity index (χ0v) is 5.81. The maximum atomic E-state index is 10.5. The molecule has 0 atom stereocenters. The Kier molecular flexibility index (Phi) is 3.95. The highest BCUT2D eigenvalue weighted by Crippen LogP contribution is 1.65. The fourth-order valence-corrected chi connectivity index (χ4v) is 0.328. The molecule has 56 valence electrons. The van der Waals surface area contributed by atoms with E-state index in [-0.39, 0.29) is 18.4 Å². The molecule has 0 radical (unpaired) electrons. The van der Waals surface area contributed by atoms with Crippen molar-refractivity contribution in [2.24, 2.45) is 0 Å². The average molecular weight is 142 g/mol. The van der Waals surface area contributed by atoms with E-state index < -0.39 is 0 Å². The van der Waals surface area contributed by atoms with Gasteiger partial charge in [-0.05, 0) is 6.08 Å². The molecular weight excluding hydrogens is 132 g/mol. The van der Waals surface area contributed by atoms with Gasteiger partial charge in [0.1, 0.15) is 0 Å². The van der Waals surface area contributed by atoms with Crippen LogP contribution in [0.15, 0.2) is 12.7 Å². The fraction of sp³-hybridized carbons (Fsp3) is 0.333. The third-order valence-corrected chi connectivity index (χ3v) is 0.887. The number of hydrogen-bond donors (Lipinski definition) is 2. The van der Waals surface area contributed by atoms with Gasteiger partial charge < -0.3 is 10.6 Å². The van der Waals surface area contributed by atoms with Gasteiger partial charge >= 0.3 is 0 Å². The molecule has 2 N–H and O–H groups in total. The van der Waals surface area contributed by atoms with Crippen LogP contribution in [0.3, 0.4) is 0 Å². The summed E-state index contributed by atoms with van der Waals surface area (Å²) in [5, 5.41) is 4.67. The lowest BCUT2D eigenvalue weighted by Gasteiger charge is -1.98. The van der Waals surface area contributed by atoms with Gasteiger partial charge in [-0.3, -0.25) is 9.59 Å². The van der Waals surface area contributed by atoms with E-state index in [4.69, 9.17) is 0 Å². The van der Waals surface area contributed by atoms with Crippen molar-refractivity contribution in [2.45, 2.75) is 0 Å². The molecule has 0 heterocycles. The second kappa shape index (κ2) is 4.55. The second-order valence-electron chi connectivity index (χ2n) is 1.60. The molecule has 0 aromatic heterocycles. The Balaban J connectivity index is 3.44. The smallest absolute Gasteiger partial charge is 0.243 e. The van der Waals surface area contributed by atoms with E-state index in [1.165, 1.54) is 7.05 Å². The quantitative estimate of drug-likeness (QED) is 0.498.